The first-order valence-corrected chi connectivity index (χ1v) is 12.4. The number of aromatic nitrogens is 1. The normalized spacial score (nSPS) is 21.7. The van der Waals surface area contributed by atoms with Crippen molar-refractivity contribution in [1.82, 2.24) is 9.88 Å². The summed E-state index contributed by atoms with van der Waals surface area (Å²) in [5, 5.41) is 10.5. The molecular weight excluding hydrogens is 458 g/mol. The molecule has 0 bridgehead atoms. The first-order chi connectivity index (χ1) is 16.4. The Bertz CT molecular complexity index is 1150. The van der Waals surface area contributed by atoms with Crippen LogP contribution in [0.3, 0.4) is 0 Å². The number of hydrogen-bond acceptors (Lipinski definition) is 4. The zero-order valence-electron chi connectivity index (χ0n) is 21.5. The fourth-order valence-corrected chi connectivity index (χ4v) is 5.02. The van der Waals surface area contributed by atoms with Crippen molar-refractivity contribution >= 4 is 35.4 Å². The average molecular weight is 494 g/mol. The van der Waals surface area contributed by atoms with E-state index >= 15 is 0 Å². The number of aliphatic hydroxyl groups is 1. The number of piperidine rings is 1. The van der Waals surface area contributed by atoms with E-state index in [2.05, 4.69) is 43.5 Å². The molecule has 186 valence electrons. The van der Waals surface area contributed by atoms with Gasteiger partial charge in [0.15, 0.2) is 0 Å². The Morgan fingerprint density at radius 2 is 1.83 bits per heavy atom. The molecule has 0 aliphatic carbocycles. The molecule has 3 rings (SSSR count). The molecule has 1 saturated heterocycles. The molecule has 5 nitrogen and oxygen atoms in total. The maximum atomic E-state index is 13.3. The minimum absolute atomic E-state index is 0.0289. The third kappa shape index (κ3) is 6.28. The van der Waals surface area contributed by atoms with Gasteiger partial charge in [0.1, 0.15) is 0 Å². The summed E-state index contributed by atoms with van der Waals surface area (Å²) in [6, 6.07) is 9.42. The van der Waals surface area contributed by atoms with Gasteiger partial charge in [0, 0.05) is 51.7 Å². The van der Waals surface area contributed by atoms with E-state index in [1.807, 2.05) is 56.1 Å². The lowest BCUT2D eigenvalue weighted by atomic mass is 9.89. The van der Waals surface area contributed by atoms with Crippen LogP contribution in [0.1, 0.15) is 81.6 Å². The van der Waals surface area contributed by atoms with E-state index in [1.165, 1.54) is 0 Å². The van der Waals surface area contributed by atoms with Crippen molar-refractivity contribution in [2.45, 2.75) is 78.0 Å². The number of hydrogen-bond donors (Lipinski definition) is 1. The fraction of sp³-hybridized carbons (Fsp3) is 0.414. The summed E-state index contributed by atoms with van der Waals surface area (Å²) in [5.41, 5.74) is 5.15. The Balaban J connectivity index is 1.91. The Hall–Kier alpha value is -2.76. The van der Waals surface area contributed by atoms with Crippen molar-refractivity contribution < 1.29 is 9.90 Å². The highest BCUT2D eigenvalue weighted by Gasteiger charge is 2.33. The summed E-state index contributed by atoms with van der Waals surface area (Å²) >= 11 is 6.68. The van der Waals surface area contributed by atoms with Crippen molar-refractivity contribution in [1.29, 1.82) is 0 Å². The van der Waals surface area contributed by atoms with Crippen LogP contribution in [-0.4, -0.2) is 45.8 Å². The predicted molar refractivity (Wildman–Crippen MR) is 146 cm³/mol. The van der Waals surface area contributed by atoms with Crippen molar-refractivity contribution in [3.63, 3.8) is 0 Å². The van der Waals surface area contributed by atoms with Gasteiger partial charge >= 0.3 is 0 Å². The third-order valence-electron chi connectivity index (χ3n) is 6.52. The molecule has 2 atom stereocenters. The molecule has 2 heterocycles. The molecular formula is C29H36ClN3O2. The number of likely N-dealkylation sites (tertiary alicyclic amines) is 1. The largest absolute Gasteiger partial charge is 0.393 e. The maximum Gasteiger partial charge on any atom is 0.254 e. The van der Waals surface area contributed by atoms with Gasteiger partial charge in [-0.25, -0.2) is 0 Å². The lowest BCUT2D eigenvalue weighted by molar-refractivity contribution is 0.0144. The van der Waals surface area contributed by atoms with E-state index in [9.17, 15) is 9.90 Å². The van der Waals surface area contributed by atoms with Gasteiger partial charge in [0.2, 0.25) is 0 Å². The van der Waals surface area contributed by atoms with Crippen LogP contribution in [0.15, 0.2) is 53.8 Å². The highest BCUT2D eigenvalue weighted by Crippen LogP contribution is 2.31. The van der Waals surface area contributed by atoms with Gasteiger partial charge in [-0.1, -0.05) is 38.4 Å². The molecule has 2 aromatic rings. The fourth-order valence-electron chi connectivity index (χ4n) is 4.69. The molecule has 35 heavy (non-hydrogen) atoms. The molecule has 1 fully saturated rings. The molecule has 1 aromatic heterocycles. The van der Waals surface area contributed by atoms with Crippen molar-refractivity contribution in [2.75, 3.05) is 0 Å². The summed E-state index contributed by atoms with van der Waals surface area (Å²) in [4.78, 5) is 23.6. The van der Waals surface area contributed by atoms with E-state index in [-0.39, 0.29) is 29.5 Å². The average Bonchev–Trinajstić information content (AvgIpc) is 2.77. The van der Waals surface area contributed by atoms with Crippen LogP contribution in [-0.2, 0) is 5.41 Å². The minimum Gasteiger partial charge on any atom is -0.393 e. The second kappa shape index (κ2) is 10.9. The van der Waals surface area contributed by atoms with Gasteiger partial charge in [-0.2, -0.15) is 0 Å². The number of aliphatic hydroxyl groups excluding tert-OH is 1. The monoisotopic (exact) mass is 493 g/mol. The van der Waals surface area contributed by atoms with Gasteiger partial charge in [-0.05, 0) is 87.4 Å². The first-order valence-electron chi connectivity index (χ1n) is 12.0. The molecule has 6 heteroatoms. The first kappa shape index (κ1) is 26.8. The number of carbonyl (C=O) groups excluding carboxylic acids is 1. The summed E-state index contributed by atoms with van der Waals surface area (Å²) in [7, 11) is 0. The van der Waals surface area contributed by atoms with Crippen LogP contribution in [0.5, 0.6) is 0 Å². The summed E-state index contributed by atoms with van der Waals surface area (Å²) in [6.45, 7) is 16.0. The molecule has 0 radical (unpaired) electrons. The highest BCUT2D eigenvalue weighted by molar-refractivity contribution is 6.32. The van der Waals surface area contributed by atoms with Gasteiger partial charge in [-0.3, -0.25) is 14.8 Å². The second-order valence-corrected chi connectivity index (χ2v) is 10.9. The predicted octanol–water partition coefficient (Wildman–Crippen LogP) is 6.55. The smallest absolute Gasteiger partial charge is 0.254 e. The maximum absolute atomic E-state index is 13.3. The Kier molecular flexibility index (Phi) is 8.34. The van der Waals surface area contributed by atoms with E-state index in [0.717, 1.165) is 28.0 Å². The van der Waals surface area contributed by atoms with Crippen LogP contribution in [0.2, 0.25) is 5.02 Å². The van der Waals surface area contributed by atoms with Crippen LogP contribution >= 0.6 is 11.6 Å². The molecule has 0 spiro atoms. The Labute approximate surface area is 214 Å². The van der Waals surface area contributed by atoms with Gasteiger partial charge < -0.3 is 10.0 Å². The molecule has 1 amide bonds. The van der Waals surface area contributed by atoms with Gasteiger partial charge in [0.25, 0.3) is 5.91 Å². The zero-order chi connectivity index (χ0) is 25.9. The lowest BCUT2D eigenvalue weighted by Crippen LogP contribution is -2.51. The van der Waals surface area contributed by atoms with Crippen molar-refractivity contribution in [3.8, 4) is 0 Å². The zero-order valence-corrected chi connectivity index (χ0v) is 22.3. The third-order valence-corrected chi connectivity index (χ3v) is 6.83. The molecule has 1 aromatic carbocycles. The number of nitrogens with zero attached hydrogens (tertiary/aromatic N) is 3. The number of rotatable bonds is 5. The summed E-state index contributed by atoms with van der Waals surface area (Å²) in [5.74, 6) is -0.0603. The Morgan fingerprint density at radius 3 is 2.40 bits per heavy atom. The second-order valence-electron chi connectivity index (χ2n) is 10.5. The van der Waals surface area contributed by atoms with Gasteiger partial charge in [-0.15, -0.1) is 0 Å². The number of benzene rings is 1. The van der Waals surface area contributed by atoms with Crippen LogP contribution in [0, 0.1) is 0 Å². The number of allylic oxidation sites excluding steroid dienone is 3. The van der Waals surface area contributed by atoms with E-state index in [1.54, 1.807) is 12.3 Å². The van der Waals surface area contributed by atoms with E-state index in [0.29, 0.717) is 23.4 Å². The van der Waals surface area contributed by atoms with E-state index in [4.69, 9.17) is 11.6 Å². The number of carbonyl (C=O) groups is 1. The van der Waals surface area contributed by atoms with Crippen molar-refractivity contribution in [2.24, 2.45) is 4.99 Å². The quantitative estimate of drug-likeness (QED) is 0.379. The summed E-state index contributed by atoms with van der Waals surface area (Å²) in [6.07, 6.45) is 6.37. The number of amides is 1. The molecule has 2 unspecified atom stereocenters. The standard InChI is InChI=1S/C29H36ClN3O2/c1-18(12-23(17-31-7)21-10-11-32-27(16-21)29(4,5)6)25-9-8-22(15-26(25)30)28(35)33-19(2)13-24(34)14-20(33)3/h8-12,15-17,19-20,24,34H,7,13-14H2,1-6H3/b18-12+,23-17+. The highest BCUT2D eigenvalue weighted by atomic mass is 35.5. The minimum atomic E-state index is -0.366. The molecule has 1 N–H and O–H groups in total. The number of pyridine rings is 1. The summed E-state index contributed by atoms with van der Waals surface area (Å²) < 4.78 is 0. The van der Waals surface area contributed by atoms with Crippen LogP contribution in [0.25, 0.3) is 11.1 Å². The number of halogens is 1. The SMILES string of the molecule is C=N/C=C(\C=C(/C)c1ccc(C(=O)N2C(C)CC(O)CC2C)cc1Cl)c1ccnc(C(C)(C)C)c1. The molecule has 0 saturated carbocycles. The van der Waals surface area contributed by atoms with Crippen LogP contribution in [0.4, 0.5) is 0 Å². The van der Waals surface area contributed by atoms with Crippen LogP contribution < -0.4 is 0 Å². The topological polar surface area (TPSA) is 65.8 Å². The van der Waals surface area contributed by atoms with Gasteiger partial charge in [0.05, 0.1) is 6.10 Å². The lowest BCUT2D eigenvalue weighted by Gasteiger charge is -2.41. The van der Waals surface area contributed by atoms with E-state index < -0.39 is 0 Å². The molecule has 1 aliphatic heterocycles. The Morgan fingerprint density at radius 1 is 1.17 bits per heavy atom. The van der Waals surface area contributed by atoms with Crippen molar-refractivity contribution in [3.05, 3.63) is 76.2 Å². The number of aliphatic imine (C=N–C) groups is 1. The molecule has 1 aliphatic rings.